The first kappa shape index (κ1) is 20.4. The summed E-state index contributed by atoms with van der Waals surface area (Å²) in [5, 5.41) is 2.75. The van der Waals surface area contributed by atoms with E-state index in [4.69, 9.17) is 9.47 Å². The summed E-state index contributed by atoms with van der Waals surface area (Å²) in [6, 6.07) is 13.7. The number of nitrogens with one attached hydrogen (secondary N) is 1. The summed E-state index contributed by atoms with van der Waals surface area (Å²) in [5.74, 6) is 0.0146. The van der Waals surface area contributed by atoms with E-state index in [9.17, 15) is 9.59 Å². The number of carbonyl (C=O) groups excluding carboxylic acids is 2. The lowest BCUT2D eigenvalue weighted by Gasteiger charge is -2.30. The number of amides is 2. The molecule has 0 radical (unpaired) electrons. The maximum Gasteiger partial charge on any atom is 0.411 e. The second kappa shape index (κ2) is 9.28. The Morgan fingerprint density at radius 2 is 1.77 bits per heavy atom. The standard InChI is InChI=1S/C23H27N3O4/c1-2-30-23(28)24-19-10-9-18-8-7-17-5-3-4-6-20(17)26(21(18)15-19)22(27)16-25-11-13-29-14-12-25/h3-6,9-10,15H,2,7-8,11-14,16H2,1H3,(H,24,28). The summed E-state index contributed by atoms with van der Waals surface area (Å²) in [7, 11) is 0. The van der Waals surface area contributed by atoms with E-state index in [1.165, 1.54) is 0 Å². The average molecular weight is 409 g/mol. The van der Waals surface area contributed by atoms with Gasteiger partial charge in [0.15, 0.2) is 0 Å². The lowest BCUT2D eigenvalue weighted by molar-refractivity contribution is -0.120. The van der Waals surface area contributed by atoms with Gasteiger partial charge in [-0.15, -0.1) is 0 Å². The van der Waals surface area contributed by atoms with E-state index in [-0.39, 0.29) is 5.91 Å². The van der Waals surface area contributed by atoms with Crippen LogP contribution in [0.3, 0.4) is 0 Å². The maximum atomic E-state index is 13.5. The SMILES string of the molecule is CCOC(=O)Nc1ccc2c(c1)N(C(=O)CN1CCOCC1)c1ccccc1CC2. The highest BCUT2D eigenvalue weighted by atomic mass is 16.5. The van der Waals surface area contributed by atoms with Gasteiger partial charge < -0.3 is 9.47 Å². The fourth-order valence-electron chi connectivity index (χ4n) is 3.98. The number of carbonyl (C=O) groups is 2. The molecule has 0 aromatic heterocycles. The van der Waals surface area contributed by atoms with Crippen molar-refractivity contribution >= 4 is 29.1 Å². The van der Waals surface area contributed by atoms with E-state index in [2.05, 4.69) is 16.3 Å². The number of aryl methyl sites for hydroxylation is 2. The monoisotopic (exact) mass is 409 g/mol. The van der Waals surface area contributed by atoms with Gasteiger partial charge in [0.05, 0.1) is 37.7 Å². The summed E-state index contributed by atoms with van der Waals surface area (Å²) < 4.78 is 10.4. The number of morpholine rings is 1. The van der Waals surface area contributed by atoms with Gasteiger partial charge in [0, 0.05) is 18.8 Å². The molecule has 1 saturated heterocycles. The molecule has 1 fully saturated rings. The van der Waals surface area contributed by atoms with Crippen molar-refractivity contribution in [3.8, 4) is 0 Å². The van der Waals surface area contributed by atoms with Crippen LogP contribution in [0.1, 0.15) is 18.1 Å². The minimum Gasteiger partial charge on any atom is -0.450 e. The number of rotatable bonds is 4. The van der Waals surface area contributed by atoms with Crippen molar-refractivity contribution in [1.82, 2.24) is 4.90 Å². The van der Waals surface area contributed by atoms with E-state index in [0.717, 1.165) is 48.4 Å². The van der Waals surface area contributed by atoms with Gasteiger partial charge >= 0.3 is 6.09 Å². The van der Waals surface area contributed by atoms with Crippen LogP contribution in [0.5, 0.6) is 0 Å². The highest BCUT2D eigenvalue weighted by Gasteiger charge is 2.28. The molecule has 2 aliphatic rings. The highest BCUT2D eigenvalue weighted by molar-refractivity contribution is 6.04. The van der Waals surface area contributed by atoms with Crippen LogP contribution < -0.4 is 10.2 Å². The summed E-state index contributed by atoms with van der Waals surface area (Å²) in [6.07, 6.45) is 1.18. The molecule has 2 aromatic rings. The first-order valence-electron chi connectivity index (χ1n) is 10.4. The van der Waals surface area contributed by atoms with Crippen molar-refractivity contribution < 1.29 is 19.1 Å². The maximum absolute atomic E-state index is 13.5. The number of hydrogen-bond acceptors (Lipinski definition) is 5. The smallest absolute Gasteiger partial charge is 0.411 e. The summed E-state index contributed by atoms with van der Waals surface area (Å²) in [5.41, 5.74) is 4.55. The molecule has 0 bridgehead atoms. The largest absolute Gasteiger partial charge is 0.450 e. The molecule has 2 heterocycles. The van der Waals surface area contributed by atoms with E-state index in [0.29, 0.717) is 32.1 Å². The van der Waals surface area contributed by atoms with Gasteiger partial charge in [0.2, 0.25) is 5.91 Å². The summed E-state index contributed by atoms with van der Waals surface area (Å²) >= 11 is 0. The number of nitrogens with zero attached hydrogens (tertiary/aromatic N) is 2. The van der Waals surface area contributed by atoms with Crippen LogP contribution in [0.15, 0.2) is 42.5 Å². The third-order valence-electron chi connectivity index (χ3n) is 5.46. The molecule has 158 valence electrons. The Kier molecular flexibility index (Phi) is 6.30. The molecule has 4 rings (SSSR count). The topological polar surface area (TPSA) is 71.1 Å². The van der Waals surface area contributed by atoms with E-state index >= 15 is 0 Å². The van der Waals surface area contributed by atoms with Crippen LogP contribution in [0.4, 0.5) is 21.9 Å². The molecule has 30 heavy (non-hydrogen) atoms. The van der Waals surface area contributed by atoms with Gasteiger partial charge in [-0.25, -0.2) is 4.79 Å². The first-order valence-corrected chi connectivity index (χ1v) is 10.4. The Labute approximate surface area is 176 Å². The second-order valence-corrected chi connectivity index (χ2v) is 7.44. The van der Waals surface area contributed by atoms with Gasteiger partial charge in [0.1, 0.15) is 0 Å². The Morgan fingerprint density at radius 1 is 1.03 bits per heavy atom. The number of para-hydroxylation sites is 1. The summed E-state index contributed by atoms with van der Waals surface area (Å²) in [4.78, 5) is 29.3. The van der Waals surface area contributed by atoms with Crippen molar-refractivity contribution in [3.63, 3.8) is 0 Å². The molecule has 2 aromatic carbocycles. The molecule has 0 atom stereocenters. The van der Waals surface area contributed by atoms with Crippen molar-refractivity contribution in [1.29, 1.82) is 0 Å². The molecule has 7 heteroatoms. The van der Waals surface area contributed by atoms with Crippen molar-refractivity contribution in [2.75, 3.05) is 49.7 Å². The quantitative estimate of drug-likeness (QED) is 0.839. The van der Waals surface area contributed by atoms with Gasteiger partial charge in [-0.2, -0.15) is 0 Å². The first-order chi connectivity index (χ1) is 14.7. The lowest BCUT2D eigenvalue weighted by atomic mass is 10.0. The van der Waals surface area contributed by atoms with Gasteiger partial charge in [0.25, 0.3) is 0 Å². The van der Waals surface area contributed by atoms with Crippen LogP contribution >= 0.6 is 0 Å². The van der Waals surface area contributed by atoms with Crippen LogP contribution in [-0.4, -0.2) is 56.4 Å². The zero-order valence-electron chi connectivity index (χ0n) is 17.2. The Morgan fingerprint density at radius 3 is 2.53 bits per heavy atom. The molecule has 7 nitrogen and oxygen atoms in total. The second-order valence-electron chi connectivity index (χ2n) is 7.44. The van der Waals surface area contributed by atoms with Crippen molar-refractivity contribution in [3.05, 3.63) is 53.6 Å². The fraction of sp³-hybridized carbons (Fsp3) is 0.391. The number of benzene rings is 2. The molecule has 1 N–H and O–H groups in total. The van der Waals surface area contributed by atoms with Crippen molar-refractivity contribution in [2.45, 2.75) is 19.8 Å². The Hall–Kier alpha value is -2.90. The Balaban J connectivity index is 1.69. The molecule has 2 aliphatic heterocycles. The van der Waals surface area contributed by atoms with Gasteiger partial charge in [-0.1, -0.05) is 24.3 Å². The van der Waals surface area contributed by atoms with Crippen LogP contribution in [-0.2, 0) is 27.1 Å². The van der Waals surface area contributed by atoms with E-state index < -0.39 is 6.09 Å². The minimum atomic E-state index is -0.502. The molecule has 0 saturated carbocycles. The average Bonchev–Trinajstić information content (AvgIpc) is 2.91. The van der Waals surface area contributed by atoms with Crippen molar-refractivity contribution in [2.24, 2.45) is 0 Å². The predicted octanol–water partition coefficient (Wildman–Crippen LogP) is 3.35. The van der Waals surface area contributed by atoms with Gasteiger partial charge in [-0.05, 0) is 49.1 Å². The molecule has 0 spiro atoms. The van der Waals surface area contributed by atoms with Crippen LogP contribution in [0, 0.1) is 0 Å². The third kappa shape index (κ3) is 4.47. The number of hydrogen-bond donors (Lipinski definition) is 1. The zero-order chi connectivity index (χ0) is 20.9. The molecule has 0 unspecified atom stereocenters. The molecular formula is C23H27N3O4. The minimum absolute atomic E-state index is 0.0146. The number of ether oxygens (including phenoxy) is 2. The molecular weight excluding hydrogens is 382 g/mol. The van der Waals surface area contributed by atoms with E-state index in [1.54, 1.807) is 6.92 Å². The predicted molar refractivity (Wildman–Crippen MR) is 115 cm³/mol. The van der Waals surface area contributed by atoms with E-state index in [1.807, 2.05) is 41.3 Å². The number of fused-ring (bicyclic) bond motifs is 2. The molecule has 2 amide bonds. The zero-order valence-corrected chi connectivity index (χ0v) is 17.2. The summed E-state index contributed by atoms with van der Waals surface area (Å²) in [6.45, 7) is 5.18. The van der Waals surface area contributed by atoms with Crippen LogP contribution in [0.2, 0.25) is 0 Å². The number of anilines is 3. The lowest BCUT2D eigenvalue weighted by Crippen LogP contribution is -2.43. The third-order valence-corrected chi connectivity index (χ3v) is 5.46. The normalized spacial score (nSPS) is 16.2. The van der Waals surface area contributed by atoms with Crippen LogP contribution in [0.25, 0.3) is 0 Å². The van der Waals surface area contributed by atoms with Gasteiger partial charge in [-0.3, -0.25) is 19.9 Å². The molecule has 0 aliphatic carbocycles. The Bertz CT molecular complexity index is 924. The highest BCUT2D eigenvalue weighted by Crippen LogP contribution is 2.37. The fourth-order valence-corrected chi connectivity index (χ4v) is 3.98.